The first-order valence-corrected chi connectivity index (χ1v) is 7.46. The van der Waals surface area contributed by atoms with Crippen molar-refractivity contribution >= 4 is 11.9 Å². The van der Waals surface area contributed by atoms with Gasteiger partial charge >= 0.3 is 5.97 Å². The van der Waals surface area contributed by atoms with E-state index in [0.717, 1.165) is 18.5 Å². The fourth-order valence-corrected chi connectivity index (χ4v) is 2.81. The summed E-state index contributed by atoms with van der Waals surface area (Å²) >= 11 is 0. The zero-order valence-corrected chi connectivity index (χ0v) is 12.5. The monoisotopic (exact) mass is 305 g/mol. The van der Waals surface area contributed by atoms with Gasteiger partial charge in [0.2, 0.25) is 5.91 Å². The second-order valence-corrected chi connectivity index (χ2v) is 5.65. The molecule has 2 aliphatic rings. The zero-order chi connectivity index (χ0) is 15.5. The summed E-state index contributed by atoms with van der Waals surface area (Å²) in [5, 5.41) is 0. The van der Waals surface area contributed by atoms with Gasteiger partial charge in [-0.3, -0.25) is 9.78 Å². The van der Waals surface area contributed by atoms with Gasteiger partial charge in [0.15, 0.2) is 5.69 Å². The molecule has 3 rings (SSSR count). The molecule has 1 aromatic heterocycles. The van der Waals surface area contributed by atoms with E-state index in [1.165, 1.54) is 13.3 Å². The fourth-order valence-electron chi connectivity index (χ4n) is 2.81. The van der Waals surface area contributed by atoms with E-state index in [0.29, 0.717) is 26.3 Å². The smallest absolute Gasteiger partial charge is 0.358 e. The van der Waals surface area contributed by atoms with Crippen LogP contribution < -0.4 is 0 Å². The lowest BCUT2D eigenvalue weighted by Crippen LogP contribution is -2.47. The maximum Gasteiger partial charge on any atom is 0.358 e. The molecule has 2 fully saturated rings. The van der Waals surface area contributed by atoms with Gasteiger partial charge in [-0.1, -0.05) is 0 Å². The summed E-state index contributed by atoms with van der Waals surface area (Å²) in [7, 11) is 1.32. The van der Waals surface area contributed by atoms with Crippen LogP contribution in [-0.2, 0) is 14.3 Å². The Morgan fingerprint density at radius 3 is 2.59 bits per heavy atom. The Morgan fingerprint density at radius 1 is 1.27 bits per heavy atom. The highest BCUT2D eigenvalue weighted by Gasteiger charge is 2.33. The van der Waals surface area contributed by atoms with Crippen molar-refractivity contribution in [1.29, 1.82) is 0 Å². The molecule has 0 aromatic carbocycles. The van der Waals surface area contributed by atoms with Gasteiger partial charge in [0.1, 0.15) is 0 Å². The van der Waals surface area contributed by atoms with E-state index in [1.807, 2.05) is 4.90 Å². The summed E-state index contributed by atoms with van der Waals surface area (Å²) in [4.78, 5) is 34.0. The lowest BCUT2D eigenvalue weighted by atomic mass is 9.92. The molecule has 118 valence electrons. The number of aromatic nitrogens is 2. The summed E-state index contributed by atoms with van der Waals surface area (Å²) in [6.45, 7) is 2.52. The Bertz CT molecular complexity index is 566. The first-order chi connectivity index (χ1) is 10.7. The van der Waals surface area contributed by atoms with Crippen LogP contribution in [0.5, 0.6) is 0 Å². The summed E-state index contributed by atoms with van der Waals surface area (Å²) in [6, 6.07) is 0. The van der Waals surface area contributed by atoms with Crippen molar-refractivity contribution in [1.82, 2.24) is 14.9 Å². The predicted molar refractivity (Wildman–Crippen MR) is 76.2 cm³/mol. The van der Waals surface area contributed by atoms with Crippen LogP contribution in [0.4, 0.5) is 0 Å². The molecular formula is C15H19N3O4. The minimum atomic E-state index is -0.480. The second kappa shape index (κ2) is 6.39. The molecule has 0 N–H and O–H groups in total. The van der Waals surface area contributed by atoms with E-state index >= 15 is 0 Å². The highest BCUT2D eigenvalue weighted by atomic mass is 16.5. The third-order valence-electron chi connectivity index (χ3n) is 4.26. The van der Waals surface area contributed by atoms with E-state index in [9.17, 15) is 9.59 Å². The van der Waals surface area contributed by atoms with Crippen molar-refractivity contribution in [2.24, 2.45) is 5.92 Å². The quantitative estimate of drug-likeness (QED) is 0.761. The van der Waals surface area contributed by atoms with Gasteiger partial charge in [0, 0.05) is 25.2 Å². The molecule has 0 saturated carbocycles. The molecule has 7 heteroatoms. The SMILES string of the molecule is COC(=O)c1cncc(C2CCN(C(=O)C3COC3)CC2)n1. The summed E-state index contributed by atoms with van der Waals surface area (Å²) < 4.78 is 9.74. The molecule has 1 aromatic rings. The second-order valence-electron chi connectivity index (χ2n) is 5.65. The van der Waals surface area contributed by atoms with Crippen molar-refractivity contribution in [3.8, 4) is 0 Å². The van der Waals surface area contributed by atoms with Gasteiger partial charge < -0.3 is 14.4 Å². The number of amides is 1. The molecular weight excluding hydrogens is 286 g/mol. The topological polar surface area (TPSA) is 81.6 Å². The molecule has 3 heterocycles. The predicted octanol–water partition coefficient (Wildman–Crippen LogP) is 0.616. The average molecular weight is 305 g/mol. The van der Waals surface area contributed by atoms with Gasteiger partial charge in [0.05, 0.1) is 38.1 Å². The van der Waals surface area contributed by atoms with Crippen LogP contribution in [-0.4, -0.2) is 60.2 Å². The lowest BCUT2D eigenvalue weighted by molar-refractivity contribution is -0.150. The zero-order valence-electron chi connectivity index (χ0n) is 12.5. The maximum atomic E-state index is 12.2. The number of rotatable bonds is 3. The number of carbonyl (C=O) groups excluding carboxylic acids is 2. The Morgan fingerprint density at radius 2 is 2.00 bits per heavy atom. The maximum absolute atomic E-state index is 12.2. The minimum absolute atomic E-state index is 0.0407. The molecule has 0 unspecified atom stereocenters. The third kappa shape index (κ3) is 2.94. The van der Waals surface area contributed by atoms with Crippen LogP contribution in [0.15, 0.2) is 12.4 Å². The van der Waals surface area contributed by atoms with Crippen molar-refractivity contribution in [3.05, 3.63) is 23.8 Å². The van der Waals surface area contributed by atoms with Gasteiger partial charge in [-0.05, 0) is 12.8 Å². The Balaban J connectivity index is 1.61. The molecule has 0 spiro atoms. The molecule has 0 bridgehead atoms. The average Bonchev–Trinajstić information content (AvgIpc) is 2.52. The Hall–Kier alpha value is -2.02. The highest BCUT2D eigenvalue weighted by molar-refractivity contribution is 5.86. The van der Waals surface area contributed by atoms with E-state index < -0.39 is 5.97 Å². The normalized spacial score (nSPS) is 19.6. The first kappa shape index (κ1) is 14.9. The number of methoxy groups -OCH3 is 1. The van der Waals surface area contributed by atoms with Crippen molar-refractivity contribution in [2.75, 3.05) is 33.4 Å². The molecule has 22 heavy (non-hydrogen) atoms. The van der Waals surface area contributed by atoms with Gasteiger partial charge in [0.25, 0.3) is 0 Å². The van der Waals surface area contributed by atoms with Gasteiger partial charge in [-0.2, -0.15) is 0 Å². The van der Waals surface area contributed by atoms with Crippen LogP contribution in [0.1, 0.15) is 34.9 Å². The highest BCUT2D eigenvalue weighted by Crippen LogP contribution is 2.28. The third-order valence-corrected chi connectivity index (χ3v) is 4.26. The van der Waals surface area contributed by atoms with Gasteiger partial charge in [-0.25, -0.2) is 9.78 Å². The number of hydrogen-bond donors (Lipinski definition) is 0. The molecule has 0 atom stereocenters. The van der Waals surface area contributed by atoms with E-state index in [4.69, 9.17) is 4.74 Å². The fraction of sp³-hybridized carbons (Fsp3) is 0.600. The van der Waals surface area contributed by atoms with Crippen molar-refractivity contribution in [2.45, 2.75) is 18.8 Å². The largest absolute Gasteiger partial charge is 0.464 e. The van der Waals surface area contributed by atoms with Crippen LogP contribution >= 0.6 is 0 Å². The number of ether oxygens (including phenoxy) is 2. The Kier molecular flexibility index (Phi) is 4.33. The molecule has 0 radical (unpaired) electrons. The van der Waals surface area contributed by atoms with E-state index in [-0.39, 0.29) is 23.4 Å². The van der Waals surface area contributed by atoms with E-state index in [2.05, 4.69) is 14.7 Å². The number of esters is 1. The van der Waals surface area contributed by atoms with Crippen molar-refractivity contribution in [3.63, 3.8) is 0 Å². The minimum Gasteiger partial charge on any atom is -0.464 e. The molecule has 7 nitrogen and oxygen atoms in total. The van der Waals surface area contributed by atoms with Crippen LogP contribution in [0.3, 0.4) is 0 Å². The standard InChI is InChI=1S/C15H19N3O4/c1-21-15(20)13-7-16-6-12(17-13)10-2-4-18(5-3-10)14(19)11-8-22-9-11/h6-7,10-11H,2-5,8-9H2,1H3. The number of piperidine rings is 1. The molecule has 1 amide bonds. The Labute approximate surface area is 128 Å². The van der Waals surface area contributed by atoms with Gasteiger partial charge in [-0.15, -0.1) is 0 Å². The summed E-state index contributed by atoms with van der Waals surface area (Å²) in [6.07, 6.45) is 4.76. The number of likely N-dealkylation sites (tertiary alicyclic amines) is 1. The summed E-state index contributed by atoms with van der Waals surface area (Å²) in [5.41, 5.74) is 1.02. The van der Waals surface area contributed by atoms with Crippen LogP contribution in [0, 0.1) is 5.92 Å². The molecule has 2 aliphatic heterocycles. The number of hydrogen-bond acceptors (Lipinski definition) is 6. The van der Waals surface area contributed by atoms with Crippen LogP contribution in [0.2, 0.25) is 0 Å². The van der Waals surface area contributed by atoms with Crippen LogP contribution in [0.25, 0.3) is 0 Å². The lowest BCUT2D eigenvalue weighted by Gasteiger charge is -2.36. The van der Waals surface area contributed by atoms with E-state index in [1.54, 1.807) is 6.20 Å². The first-order valence-electron chi connectivity index (χ1n) is 7.46. The van der Waals surface area contributed by atoms with Crippen molar-refractivity contribution < 1.29 is 19.1 Å². The number of nitrogens with zero attached hydrogens (tertiary/aromatic N) is 3. The number of carbonyl (C=O) groups is 2. The molecule has 0 aliphatic carbocycles. The molecule has 2 saturated heterocycles. The summed E-state index contributed by atoms with van der Waals surface area (Å²) in [5.74, 6) is -0.0242.